The van der Waals surface area contributed by atoms with Gasteiger partial charge < -0.3 is 0 Å². The summed E-state index contributed by atoms with van der Waals surface area (Å²) in [7, 11) is 0. The summed E-state index contributed by atoms with van der Waals surface area (Å²) in [5, 5.41) is 0.514. The second-order valence-corrected chi connectivity index (χ2v) is 3.98. The van der Waals surface area contributed by atoms with Crippen molar-refractivity contribution in [3.8, 4) is 0 Å². The normalized spacial score (nSPS) is 21.1. The van der Waals surface area contributed by atoms with Crippen LogP contribution in [0, 0.1) is 11.7 Å². The lowest BCUT2D eigenvalue weighted by molar-refractivity contribution is 0.587. The van der Waals surface area contributed by atoms with Crippen LogP contribution < -0.4 is 0 Å². The number of benzene rings is 1. The van der Waals surface area contributed by atoms with Crippen molar-refractivity contribution < 1.29 is 4.39 Å². The van der Waals surface area contributed by atoms with Crippen LogP contribution in [0.2, 0.25) is 5.02 Å². The highest BCUT2D eigenvalue weighted by Gasteiger charge is 2.21. The van der Waals surface area contributed by atoms with Crippen LogP contribution in [-0.2, 0) is 12.8 Å². The van der Waals surface area contributed by atoms with Gasteiger partial charge in [0.1, 0.15) is 5.82 Å². The molecule has 1 aromatic rings. The molecule has 0 spiro atoms. The summed E-state index contributed by atoms with van der Waals surface area (Å²) in [4.78, 5) is 0. The first kappa shape index (κ1) is 8.06. The topological polar surface area (TPSA) is 0 Å². The van der Waals surface area contributed by atoms with Gasteiger partial charge in [0.2, 0.25) is 0 Å². The van der Waals surface area contributed by atoms with Crippen molar-refractivity contribution in [1.82, 2.24) is 0 Å². The lowest BCUT2D eigenvalue weighted by Gasteiger charge is -2.00. The molecule has 1 atom stereocenters. The van der Waals surface area contributed by atoms with Crippen LogP contribution in [0.5, 0.6) is 0 Å². The van der Waals surface area contributed by atoms with Crippen LogP contribution in [0.4, 0.5) is 4.39 Å². The number of rotatable bonds is 0. The van der Waals surface area contributed by atoms with Gasteiger partial charge in [-0.3, -0.25) is 0 Å². The van der Waals surface area contributed by atoms with Gasteiger partial charge in [-0.2, -0.15) is 0 Å². The molecule has 64 valence electrons. The van der Waals surface area contributed by atoms with Crippen molar-refractivity contribution in [2.75, 3.05) is 0 Å². The van der Waals surface area contributed by atoms with Gasteiger partial charge in [-0.1, -0.05) is 18.5 Å². The molecular weight excluding hydrogens is 175 g/mol. The Labute approximate surface area is 76.4 Å². The molecule has 0 fully saturated rings. The molecule has 0 amide bonds. The highest BCUT2D eigenvalue weighted by atomic mass is 35.5. The van der Waals surface area contributed by atoms with Gasteiger partial charge in [-0.15, -0.1) is 0 Å². The SMILES string of the molecule is CC1Cc2cc(Cl)cc(F)c2C1. The molecule has 0 nitrogen and oxygen atoms in total. The van der Waals surface area contributed by atoms with Gasteiger partial charge in [0.25, 0.3) is 0 Å². The molecular formula is C10H10ClF. The Hall–Kier alpha value is -0.560. The minimum absolute atomic E-state index is 0.137. The van der Waals surface area contributed by atoms with E-state index in [0.29, 0.717) is 10.9 Å². The van der Waals surface area contributed by atoms with E-state index in [1.807, 2.05) is 6.07 Å². The molecule has 0 heterocycles. The highest BCUT2D eigenvalue weighted by molar-refractivity contribution is 6.30. The summed E-state index contributed by atoms with van der Waals surface area (Å²) in [6.07, 6.45) is 1.82. The van der Waals surface area contributed by atoms with E-state index < -0.39 is 0 Å². The molecule has 1 aromatic carbocycles. The van der Waals surface area contributed by atoms with Crippen molar-refractivity contribution in [3.63, 3.8) is 0 Å². The Bertz CT molecular complexity index is 320. The standard InChI is InChI=1S/C10H10ClF/c1-6-2-7-4-8(11)5-10(12)9(7)3-6/h4-6H,2-3H2,1H3. The van der Waals surface area contributed by atoms with E-state index >= 15 is 0 Å². The first-order valence-electron chi connectivity index (χ1n) is 4.13. The van der Waals surface area contributed by atoms with Crippen LogP contribution in [-0.4, -0.2) is 0 Å². The maximum Gasteiger partial charge on any atom is 0.128 e. The molecule has 1 aliphatic rings. The molecule has 2 heteroatoms. The van der Waals surface area contributed by atoms with Crippen molar-refractivity contribution in [1.29, 1.82) is 0 Å². The van der Waals surface area contributed by atoms with Crippen LogP contribution >= 0.6 is 11.6 Å². The third-order valence-electron chi connectivity index (χ3n) is 2.37. The second-order valence-electron chi connectivity index (χ2n) is 3.54. The van der Waals surface area contributed by atoms with E-state index in [2.05, 4.69) is 6.92 Å². The Morgan fingerprint density at radius 1 is 1.42 bits per heavy atom. The van der Waals surface area contributed by atoms with Gasteiger partial charge in [-0.05, 0) is 42.0 Å². The van der Waals surface area contributed by atoms with Gasteiger partial charge in [0.05, 0.1) is 0 Å². The summed E-state index contributed by atoms with van der Waals surface area (Å²) in [5.41, 5.74) is 1.96. The van der Waals surface area contributed by atoms with Gasteiger partial charge in [0, 0.05) is 5.02 Å². The van der Waals surface area contributed by atoms with Gasteiger partial charge >= 0.3 is 0 Å². The maximum absolute atomic E-state index is 13.2. The quantitative estimate of drug-likeness (QED) is 0.581. The van der Waals surface area contributed by atoms with Crippen LogP contribution in [0.1, 0.15) is 18.1 Å². The van der Waals surface area contributed by atoms with Crippen LogP contribution in [0.3, 0.4) is 0 Å². The lowest BCUT2D eigenvalue weighted by atomic mass is 10.1. The summed E-state index contributed by atoms with van der Waals surface area (Å²) < 4.78 is 13.2. The molecule has 1 aliphatic carbocycles. The lowest BCUT2D eigenvalue weighted by Crippen LogP contribution is -1.90. The summed E-state index contributed by atoms with van der Waals surface area (Å²) in [6, 6.07) is 3.28. The molecule has 0 saturated heterocycles. The van der Waals surface area contributed by atoms with Gasteiger partial charge in [-0.25, -0.2) is 4.39 Å². The first-order chi connectivity index (χ1) is 5.66. The molecule has 0 aliphatic heterocycles. The monoisotopic (exact) mass is 184 g/mol. The molecule has 0 aromatic heterocycles. The zero-order chi connectivity index (χ0) is 8.72. The Kier molecular flexibility index (Phi) is 1.84. The molecule has 0 radical (unpaired) electrons. The maximum atomic E-state index is 13.2. The largest absolute Gasteiger partial charge is 0.207 e. The minimum Gasteiger partial charge on any atom is -0.207 e. The third-order valence-corrected chi connectivity index (χ3v) is 2.59. The molecule has 12 heavy (non-hydrogen) atoms. The zero-order valence-electron chi connectivity index (χ0n) is 6.90. The number of hydrogen-bond donors (Lipinski definition) is 0. The third kappa shape index (κ3) is 1.22. The number of hydrogen-bond acceptors (Lipinski definition) is 0. The Morgan fingerprint density at radius 2 is 2.17 bits per heavy atom. The molecule has 0 N–H and O–H groups in total. The fourth-order valence-electron chi connectivity index (χ4n) is 1.86. The van der Waals surface area contributed by atoms with E-state index in [9.17, 15) is 4.39 Å². The van der Waals surface area contributed by atoms with E-state index in [1.54, 1.807) is 0 Å². The van der Waals surface area contributed by atoms with Crippen molar-refractivity contribution >= 4 is 11.6 Å². The summed E-state index contributed by atoms with van der Waals surface area (Å²) in [6.45, 7) is 2.13. The number of halogens is 2. The van der Waals surface area contributed by atoms with E-state index in [4.69, 9.17) is 11.6 Å². The van der Waals surface area contributed by atoms with E-state index in [0.717, 1.165) is 24.0 Å². The summed E-state index contributed by atoms with van der Waals surface area (Å²) in [5.74, 6) is 0.426. The Morgan fingerprint density at radius 3 is 2.92 bits per heavy atom. The molecule has 1 unspecified atom stereocenters. The number of fused-ring (bicyclic) bond motifs is 1. The van der Waals surface area contributed by atoms with Crippen LogP contribution in [0.15, 0.2) is 12.1 Å². The van der Waals surface area contributed by atoms with E-state index in [1.165, 1.54) is 6.07 Å². The zero-order valence-corrected chi connectivity index (χ0v) is 7.66. The van der Waals surface area contributed by atoms with Gasteiger partial charge in [0.15, 0.2) is 0 Å². The Balaban J connectivity index is 2.52. The fourth-order valence-corrected chi connectivity index (χ4v) is 2.09. The van der Waals surface area contributed by atoms with Crippen molar-refractivity contribution in [3.05, 3.63) is 34.1 Å². The average Bonchev–Trinajstić information content (AvgIpc) is 2.29. The molecule has 2 rings (SSSR count). The van der Waals surface area contributed by atoms with E-state index in [-0.39, 0.29) is 5.82 Å². The average molecular weight is 185 g/mol. The van der Waals surface area contributed by atoms with Crippen molar-refractivity contribution in [2.24, 2.45) is 5.92 Å². The molecule has 0 saturated carbocycles. The first-order valence-corrected chi connectivity index (χ1v) is 4.51. The van der Waals surface area contributed by atoms with Crippen LogP contribution in [0.25, 0.3) is 0 Å². The highest BCUT2D eigenvalue weighted by Crippen LogP contribution is 2.30. The predicted octanol–water partition coefficient (Wildman–Crippen LogP) is 3.21. The second kappa shape index (κ2) is 2.74. The summed E-state index contributed by atoms with van der Waals surface area (Å²) >= 11 is 5.74. The molecule has 0 bridgehead atoms. The fraction of sp³-hybridized carbons (Fsp3) is 0.400. The minimum atomic E-state index is -0.137. The van der Waals surface area contributed by atoms with Crippen molar-refractivity contribution in [2.45, 2.75) is 19.8 Å². The smallest absolute Gasteiger partial charge is 0.128 e. The predicted molar refractivity (Wildman–Crippen MR) is 48.0 cm³/mol.